The van der Waals surface area contributed by atoms with Crippen LogP contribution >= 0.6 is 11.6 Å². The van der Waals surface area contributed by atoms with Crippen molar-refractivity contribution < 1.29 is 14.6 Å². The second-order valence-corrected chi connectivity index (χ2v) is 4.98. The highest BCUT2D eigenvalue weighted by molar-refractivity contribution is 6.30. The van der Waals surface area contributed by atoms with Crippen LogP contribution in [0.1, 0.15) is 11.7 Å². The predicted octanol–water partition coefficient (Wildman–Crippen LogP) is 2.79. The van der Waals surface area contributed by atoms with Crippen LogP contribution in [0.2, 0.25) is 5.02 Å². The van der Waals surface area contributed by atoms with Crippen molar-refractivity contribution in [3.05, 3.63) is 59.1 Å². The van der Waals surface area contributed by atoms with E-state index in [4.69, 9.17) is 26.8 Å². The number of aliphatic hydroxyl groups excluding tert-OH is 1. The molecule has 3 N–H and O–H groups in total. The van der Waals surface area contributed by atoms with Gasteiger partial charge in [0.05, 0.1) is 7.11 Å². The second kappa shape index (κ2) is 7.31. The van der Waals surface area contributed by atoms with Crippen molar-refractivity contribution in [3.8, 4) is 11.5 Å². The predicted molar refractivity (Wildman–Crippen MR) is 82.9 cm³/mol. The van der Waals surface area contributed by atoms with E-state index in [1.165, 1.54) is 7.11 Å². The van der Waals surface area contributed by atoms with E-state index >= 15 is 0 Å². The highest BCUT2D eigenvalue weighted by Crippen LogP contribution is 2.34. The first kappa shape index (κ1) is 15.6. The van der Waals surface area contributed by atoms with Crippen LogP contribution in [0.5, 0.6) is 11.5 Å². The third-order valence-electron chi connectivity index (χ3n) is 3.10. The summed E-state index contributed by atoms with van der Waals surface area (Å²) in [5.74, 6) is 1.01. The van der Waals surface area contributed by atoms with Crippen LogP contribution in [0.25, 0.3) is 0 Å². The maximum atomic E-state index is 10.1. The van der Waals surface area contributed by atoms with Crippen molar-refractivity contribution >= 4 is 11.6 Å². The van der Waals surface area contributed by atoms with E-state index in [2.05, 4.69) is 0 Å². The molecule has 0 amide bonds. The van der Waals surface area contributed by atoms with Gasteiger partial charge in [-0.1, -0.05) is 41.9 Å². The lowest BCUT2D eigenvalue weighted by atomic mass is 10.0. The van der Waals surface area contributed by atoms with Gasteiger partial charge < -0.3 is 20.3 Å². The van der Waals surface area contributed by atoms with Crippen molar-refractivity contribution in [2.75, 3.05) is 13.7 Å². The van der Waals surface area contributed by atoms with E-state index in [1.807, 2.05) is 30.3 Å². The minimum atomic E-state index is -0.826. The van der Waals surface area contributed by atoms with Gasteiger partial charge in [0.1, 0.15) is 6.10 Å². The van der Waals surface area contributed by atoms with Crippen LogP contribution in [0.3, 0.4) is 0 Å². The van der Waals surface area contributed by atoms with Gasteiger partial charge in [-0.3, -0.25) is 0 Å². The summed E-state index contributed by atoms with van der Waals surface area (Å²) in [6.45, 7) is 0.0927. The lowest BCUT2D eigenvalue weighted by Gasteiger charge is -2.24. The molecular weight excluding hydrogens is 290 g/mol. The summed E-state index contributed by atoms with van der Waals surface area (Å²) in [6, 6.07) is 14.5. The fourth-order valence-electron chi connectivity index (χ4n) is 2.01. The van der Waals surface area contributed by atoms with Gasteiger partial charge in [-0.25, -0.2) is 0 Å². The molecule has 4 nitrogen and oxygen atoms in total. The molecule has 0 bridgehead atoms. The second-order valence-electron chi connectivity index (χ2n) is 4.55. The zero-order valence-electron chi connectivity index (χ0n) is 11.7. The molecule has 0 aliphatic heterocycles. The SMILES string of the molecule is COc1cc(Cl)ccc1O[C@H](c1ccccc1)[C@H](O)CN. The molecule has 5 heteroatoms. The Morgan fingerprint density at radius 3 is 2.48 bits per heavy atom. The number of methoxy groups -OCH3 is 1. The molecule has 0 heterocycles. The van der Waals surface area contributed by atoms with E-state index in [9.17, 15) is 5.11 Å². The van der Waals surface area contributed by atoms with Crippen LogP contribution in [0.4, 0.5) is 0 Å². The Labute approximate surface area is 129 Å². The molecule has 0 aliphatic rings. The molecule has 0 fully saturated rings. The smallest absolute Gasteiger partial charge is 0.162 e. The Morgan fingerprint density at radius 1 is 1.14 bits per heavy atom. The molecule has 2 rings (SSSR count). The van der Waals surface area contributed by atoms with Gasteiger partial charge in [-0.2, -0.15) is 0 Å². The molecular formula is C16H18ClNO3. The van der Waals surface area contributed by atoms with Crippen molar-refractivity contribution in [1.82, 2.24) is 0 Å². The number of rotatable bonds is 6. The average Bonchev–Trinajstić information content (AvgIpc) is 2.53. The van der Waals surface area contributed by atoms with Gasteiger partial charge in [0.25, 0.3) is 0 Å². The topological polar surface area (TPSA) is 64.7 Å². The number of hydrogen-bond acceptors (Lipinski definition) is 4. The Bertz CT molecular complexity index is 577. The summed E-state index contributed by atoms with van der Waals surface area (Å²) in [4.78, 5) is 0. The summed E-state index contributed by atoms with van der Waals surface area (Å²) in [7, 11) is 1.54. The van der Waals surface area contributed by atoms with E-state index in [-0.39, 0.29) is 6.54 Å². The largest absolute Gasteiger partial charge is 0.493 e. The number of halogens is 1. The zero-order chi connectivity index (χ0) is 15.2. The summed E-state index contributed by atoms with van der Waals surface area (Å²) in [6.07, 6.45) is -1.40. The monoisotopic (exact) mass is 307 g/mol. The number of aliphatic hydroxyl groups is 1. The van der Waals surface area contributed by atoms with E-state index in [0.29, 0.717) is 16.5 Å². The lowest BCUT2D eigenvalue weighted by molar-refractivity contribution is 0.0397. The van der Waals surface area contributed by atoms with Crippen molar-refractivity contribution in [2.24, 2.45) is 5.73 Å². The van der Waals surface area contributed by atoms with Gasteiger partial charge >= 0.3 is 0 Å². The third kappa shape index (κ3) is 3.88. The van der Waals surface area contributed by atoms with E-state index in [0.717, 1.165) is 5.56 Å². The van der Waals surface area contributed by atoms with Crippen LogP contribution in [0.15, 0.2) is 48.5 Å². The fraction of sp³-hybridized carbons (Fsp3) is 0.250. The molecule has 0 aliphatic carbocycles. The molecule has 0 radical (unpaired) electrons. The molecule has 0 spiro atoms. The fourth-order valence-corrected chi connectivity index (χ4v) is 2.17. The minimum Gasteiger partial charge on any atom is -0.493 e. The molecule has 2 aromatic carbocycles. The number of benzene rings is 2. The summed E-state index contributed by atoms with van der Waals surface area (Å²) in [5, 5.41) is 10.7. The number of hydrogen-bond donors (Lipinski definition) is 2. The first-order valence-corrected chi connectivity index (χ1v) is 6.96. The summed E-state index contributed by atoms with van der Waals surface area (Å²) >= 11 is 5.93. The third-order valence-corrected chi connectivity index (χ3v) is 3.33. The van der Waals surface area contributed by atoms with Crippen LogP contribution in [-0.4, -0.2) is 24.9 Å². The van der Waals surface area contributed by atoms with Gasteiger partial charge in [0, 0.05) is 17.6 Å². The number of ether oxygens (including phenoxy) is 2. The molecule has 2 aromatic rings. The Hall–Kier alpha value is -1.75. The molecule has 0 saturated heterocycles. The standard InChI is InChI=1S/C16H18ClNO3/c1-20-15-9-12(17)7-8-14(15)21-16(13(19)10-18)11-5-3-2-4-6-11/h2-9,13,16,19H,10,18H2,1H3/t13-,16-/m1/s1. The van der Waals surface area contributed by atoms with E-state index in [1.54, 1.807) is 18.2 Å². The quantitative estimate of drug-likeness (QED) is 0.861. The molecule has 21 heavy (non-hydrogen) atoms. The number of nitrogens with two attached hydrogens (primary N) is 1. The zero-order valence-corrected chi connectivity index (χ0v) is 12.5. The van der Waals surface area contributed by atoms with Gasteiger partial charge in [0.15, 0.2) is 17.6 Å². The highest BCUT2D eigenvalue weighted by Gasteiger charge is 2.23. The summed E-state index contributed by atoms with van der Waals surface area (Å²) < 4.78 is 11.2. The molecule has 0 aromatic heterocycles. The van der Waals surface area contributed by atoms with Gasteiger partial charge in [-0.15, -0.1) is 0 Å². The lowest BCUT2D eigenvalue weighted by Crippen LogP contribution is -2.31. The minimum absolute atomic E-state index is 0.0927. The Kier molecular flexibility index (Phi) is 5.44. The van der Waals surface area contributed by atoms with Crippen molar-refractivity contribution in [2.45, 2.75) is 12.2 Å². The Morgan fingerprint density at radius 2 is 1.86 bits per heavy atom. The van der Waals surface area contributed by atoms with Gasteiger partial charge in [-0.05, 0) is 17.7 Å². The Balaban J connectivity index is 2.32. The normalized spacial score (nSPS) is 13.5. The van der Waals surface area contributed by atoms with Crippen molar-refractivity contribution in [3.63, 3.8) is 0 Å². The maximum absolute atomic E-state index is 10.1. The molecule has 112 valence electrons. The maximum Gasteiger partial charge on any atom is 0.162 e. The van der Waals surface area contributed by atoms with Crippen LogP contribution in [-0.2, 0) is 0 Å². The first-order valence-electron chi connectivity index (χ1n) is 6.59. The summed E-state index contributed by atoms with van der Waals surface area (Å²) in [5.41, 5.74) is 6.42. The van der Waals surface area contributed by atoms with E-state index < -0.39 is 12.2 Å². The molecule has 0 unspecified atom stereocenters. The average molecular weight is 308 g/mol. The highest BCUT2D eigenvalue weighted by atomic mass is 35.5. The first-order chi connectivity index (χ1) is 10.2. The van der Waals surface area contributed by atoms with Crippen molar-refractivity contribution in [1.29, 1.82) is 0 Å². The molecule has 0 saturated carbocycles. The van der Waals surface area contributed by atoms with Gasteiger partial charge in [0.2, 0.25) is 0 Å². The van der Waals surface area contributed by atoms with Crippen LogP contribution in [0, 0.1) is 0 Å². The molecule has 2 atom stereocenters. The van der Waals surface area contributed by atoms with Crippen LogP contribution < -0.4 is 15.2 Å².